The molecule has 3 rings (SSSR count). The first-order valence-corrected chi connectivity index (χ1v) is 8.99. The number of amides is 1. The normalized spacial score (nSPS) is 20.2. The van der Waals surface area contributed by atoms with Crippen LogP contribution in [0.15, 0.2) is 30.3 Å². The lowest BCUT2D eigenvalue weighted by Gasteiger charge is -2.12. The molecule has 0 unspecified atom stereocenters. The average molecular weight is 405 g/mol. The molecule has 27 heavy (non-hydrogen) atoms. The summed E-state index contributed by atoms with van der Waals surface area (Å²) in [4.78, 5) is 13.0. The van der Waals surface area contributed by atoms with Gasteiger partial charge in [0, 0.05) is 16.9 Å². The minimum absolute atomic E-state index is 0.114. The van der Waals surface area contributed by atoms with Crippen LogP contribution >= 0.6 is 11.3 Å². The van der Waals surface area contributed by atoms with Crippen molar-refractivity contribution >= 4 is 17.2 Å². The maximum Gasteiger partial charge on any atom is 0.422 e. The van der Waals surface area contributed by atoms with Gasteiger partial charge in [0.1, 0.15) is 11.6 Å². The van der Waals surface area contributed by atoms with Crippen LogP contribution in [0.5, 0.6) is 5.06 Å². The van der Waals surface area contributed by atoms with Gasteiger partial charge in [-0.25, -0.2) is 8.78 Å². The van der Waals surface area contributed by atoms with Gasteiger partial charge in [0.25, 0.3) is 0 Å². The standard InChI is InChI=1S/C18H16F5NO2S/c1-9(15-2-3-16(27-15)26-8-18(21,22)23)24-17(25)14-7-13(14)10-4-11(19)6-12(20)5-10/h2-6,9,13-14H,7-8H2,1H3,(H,24,25)/t9-,13+,14-/m1/s1. The highest BCUT2D eigenvalue weighted by molar-refractivity contribution is 7.13. The van der Waals surface area contributed by atoms with E-state index in [-0.39, 0.29) is 22.8 Å². The predicted molar refractivity (Wildman–Crippen MR) is 89.6 cm³/mol. The Kier molecular flexibility index (Phi) is 5.41. The second-order valence-electron chi connectivity index (χ2n) is 6.44. The van der Waals surface area contributed by atoms with Gasteiger partial charge >= 0.3 is 6.18 Å². The highest BCUT2D eigenvalue weighted by Gasteiger charge is 2.44. The number of hydrogen-bond acceptors (Lipinski definition) is 3. The summed E-state index contributed by atoms with van der Waals surface area (Å²) in [7, 11) is 0. The maximum atomic E-state index is 13.3. The summed E-state index contributed by atoms with van der Waals surface area (Å²) in [5.41, 5.74) is 0.444. The molecule has 1 saturated carbocycles. The molecule has 9 heteroatoms. The summed E-state index contributed by atoms with van der Waals surface area (Å²) in [5.74, 6) is -2.25. The molecular formula is C18H16F5NO2S. The molecule has 1 N–H and O–H groups in total. The molecule has 0 radical (unpaired) electrons. The molecule has 1 fully saturated rings. The minimum atomic E-state index is -4.42. The monoisotopic (exact) mass is 405 g/mol. The smallest absolute Gasteiger partial charge is 0.422 e. The van der Waals surface area contributed by atoms with Crippen molar-refractivity contribution in [2.24, 2.45) is 5.92 Å². The molecule has 1 heterocycles. The lowest BCUT2D eigenvalue weighted by Crippen LogP contribution is -2.27. The molecule has 3 nitrogen and oxygen atoms in total. The van der Waals surface area contributed by atoms with Crippen LogP contribution in [-0.4, -0.2) is 18.7 Å². The van der Waals surface area contributed by atoms with Crippen molar-refractivity contribution in [3.8, 4) is 5.06 Å². The number of alkyl halides is 3. The van der Waals surface area contributed by atoms with Crippen molar-refractivity contribution in [3.63, 3.8) is 0 Å². The Hall–Kier alpha value is -2.16. The minimum Gasteiger partial charge on any atom is -0.475 e. The number of rotatable bonds is 6. The Morgan fingerprint density at radius 2 is 1.93 bits per heavy atom. The van der Waals surface area contributed by atoms with E-state index in [4.69, 9.17) is 0 Å². The summed E-state index contributed by atoms with van der Waals surface area (Å²) in [6.07, 6.45) is -3.92. The van der Waals surface area contributed by atoms with E-state index in [9.17, 15) is 26.7 Å². The van der Waals surface area contributed by atoms with Crippen LogP contribution in [0.3, 0.4) is 0 Å². The van der Waals surface area contributed by atoms with E-state index in [1.165, 1.54) is 18.2 Å². The van der Waals surface area contributed by atoms with E-state index in [1.807, 2.05) is 0 Å². The van der Waals surface area contributed by atoms with Crippen LogP contribution in [-0.2, 0) is 4.79 Å². The average Bonchev–Trinajstić information content (AvgIpc) is 3.21. The van der Waals surface area contributed by atoms with Gasteiger partial charge in [-0.15, -0.1) is 11.3 Å². The second-order valence-corrected chi connectivity index (χ2v) is 7.52. The Balaban J connectivity index is 1.55. The Morgan fingerprint density at radius 3 is 2.56 bits per heavy atom. The van der Waals surface area contributed by atoms with Gasteiger partial charge in [-0.05, 0) is 49.1 Å². The van der Waals surface area contributed by atoms with Crippen LogP contribution in [0, 0.1) is 17.6 Å². The first-order chi connectivity index (χ1) is 12.6. The van der Waals surface area contributed by atoms with Gasteiger partial charge in [0.15, 0.2) is 11.7 Å². The second kappa shape index (κ2) is 7.46. The molecular weight excluding hydrogens is 389 g/mol. The number of carbonyl (C=O) groups is 1. The fraction of sp³-hybridized carbons (Fsp3) is 0.389. The van der Waals surface area contributed by atoms with E-state index in [0.29, 0.717) is 16.9 Å². The van der Waals surface area contributed by atoms with Crippen LogP contribution < -0.4 is 10.1 Å². The van der Waals surface area contributed by atoms with Gasteiger partial charge in [-0.2, -0.15) is 13.2 Å². The van der Waals surface area contributed by atoms with Gasteiger partial charge in [-0.1, -0.05) is 0 Å². The molecule has 3 atom stereocenters. The quantitative estimate of drug-likeness (QED) is 0.691. The molecule has 0 bridgehead atoms. The van der Waals surface area contributed by atoms with E-state index in [2.05, 4.69) is 10.1 Å². The Labute approximate surface area is 156 Å². The maximum absolute atomic E-state index is 13.3. The molecule has 1 aliphatic rings. The van der Waals surface area contributed by atoms with Crippen LogP contribution in [0.4, 0.5) is 22.0 Å². The fourth-order valence-electron chi connectivity index (χ4n) is 2.83. The highest BCUT2D eigenvalue weighted by atomic mass is 32.1. The van der Waals surface area contributed by atoms with Gasteiger partial charge < -0.3 is 10.1 Å². The lowest BCUT2D eigenvalue weighted by atomic mass is 10.1. The molecule has 1 amide bonds. The third-order valence-corrected chi connectivity index (χ3v) is 5.39. The molecule has 0 aliphatic heterocycles. The lowest BCUT2D eigenvalue weighted by molar-refractivity contribution is -0.152. The largest absolute Gasteiger partial charge is 0.475 e. The summed E-state index contributed by atoms with van der Waals surface area (Å²) in [5, 5.41) is 2.89. The molecule has 1 aromatic heterocycles. The van der Waals surface area contributed by atoms with E-state index in [0.717, 1.165) is 17.4 Å². The van der Waals surface area contributed by atoms with Crippen molar-refractivity contribution in [2.45, 2.75) is 31.5 Å². The van der Waals surface area contributed by atoms with Gasteiger partial charge in [0.2, 0.25) is 5.91 Å². The number of halogens is 5. The number of benzene rings is 1. The first-order valence-electron chi connectivity index (χ1n) is 8.18. The number of hydrogen-bond donors (Lipinski definition) is 1. The number of ether oxygens (including phenoxy) is 1. The predicted octanol–water partition coefficient (Wildman–Crippen LogP) is 4.95. The molecule has 0 saturated heterocycles. The summed E-state index contributed by atoms with van der Waals surface area (Å²) in [6.45, 7) is 0.332. The molecule has 1 aliphatic carbocycles. The Bertz CT molecular complexity index is 815. The molecule has 0 spiro atoms. The molecule has 2 aromatic rings. The topological polar surface area (TPSA) is 38.3 Å². The van der Waals surface area contributed by atoms with Crippen LogP contribution in [0.25, 0.3) is 0 Å². The summed E-state index contributed by atoms with van der Waals surface area (Å²) < 4.78 is 67.8. The van der Waals surface area contributed by atoms with Crippen molar-refractivity contribution in [3.05, 3.63) is 52.4 Å². The van der Waals surface area contributed by atoms with E-state index in [1.54, 1.807) is 13.0 Å². The van der Waals surface area contributed by atoms with Crippen LogP contribution in [0.1, 0.15) is 35.7 Å². The third kappa shape index (κ3) is 5.18. The van der Waals surface area contributed by atoms with E-state index >= 15 is 0 Å². The molecule has 1 aromatic carbocycles. The van der Waals surface area contributed by atoms with Crippen molar-refractivity contribution in [1.29, 1.82) is 0 Å². The number of nitrogens with one attached hydrogen (secondary N) is 1. The third-order valence-electron chi connectivity index (χ3n) is 4.21. The van der Waals surface area contributed by atoms with Crippen molar-refractivity contribution in [2.75, 3.05) is 6.61 Å². The zero-order valence-electron chi connectivity index (χ0n) is 14.1. The Morgan fingerprint density at radius 1 is 1.26 bits per heavy atom. The van der Waals surface area contributed by atoms with E-state index < -0.39 is 30.5 Å². The number of thiophene rings is 1. The molecule has 146 valence electrons. The van der Waals surface area contributed by atoms with Crippen molar-refractivity contribution < 1.29 is 31.5 Å². The van der Waals surface area contributed by atoms with Gasteiger partial charge in [-0.3, -0.25) is 4.79 Å². The number of carbonyl (C=O) groups excluding carboxylic acids is 1. The van der Waals surface area contributed by atoms with Crippen LogP contribution in [0.2, 0.25) is 0 Å². The zero-order chi connectivity index (χ0) is 19.8. The SMILES string of the molecule is C[C@@H](NC(=O)[C@@H]1C[C@H]1c1cc(F)cc(F)c1)c1ccc(OCC(F)(F)F)s1. The highest BCUT2D eigenvalue weighted by Crippen LogP contribution is 2.48. The summed E-state index contributed by atoms with van der Waals surface area (Å²) >= 11 is 1.02. The zero-order valence-corrected chi connectivity index (χ0v) is 15.0. The van der Waals surface area contributed by atoms with Crippen molar-refractivity contribution in [1.82, 2.24) is 5.32 Å². The van der Waals surface area contributed by atoms with Gasteiger partial charge in [0.05, 0.1) is 6.04 Å². The summed E-state index contributed by atoms with van der Waals surface area (Å²) in [6, 6.07) is 5.80. The first kappa shape index (κ1) is 19.6. The fourth-order valence-corrected chi connectivity index (χ4v) is 3.69.